The van der Waals surface area contributed by atoms with Crippen molar-refractivity contribution in [3.63, 3.8) is 0 Å². The number of nitrogens with zero attached hydrogens (tertiary/aromatic N) is 2. The van der Waals surface area contributed by atoms with Crippen LogP contribution in [-0.4, -0.2) is 50.9 Å². The van der Waals surface area contributed by atoms with Crippen molar-refractivity contribution in [1.82, 2.24) is 10.2 Å². The highest BCUT2D eigenvalue weighted by molar-refractivity contribution is 7.92. The van der Waals surface area contributed by atoms with Crippen LogP contribution in [0.2, 0.25) is 10.0 Å². The normalized spacial score (nSPS) is 11.9. The van der Waals surface area contributed by atoms with E-state index in [1.165, 1.54) is 23.1 Å². The number of hydrogen-bond acceptors (Lipinski definition) is 5. The fourth-order valence-electron chi connectivity index (χ4n) is 4.89. The number of sulfonamides is 1. The maximum atomic E-state index is 14.5. The van der Waals surface area contributed by atoms with Crippen molar-refractivity contribution in [3.05, 3.63) is 124 Å². The Bertz CT molecular complexity index is 1760. The largest absolute Gasteiger partial charge is 0.494 e. The van der Waals surface area contributed by atoms with Crippen LogP contribution in [-0.2, 0) is 32.6 Å². The van der Waals surface area contributed by atoms with Crippen LogP contribution in [0.25, 0.3) is 0 Å². The van der Waals surface area contributed by atoms with Gasteiger partial charge < -0.3 is 15.0 Å². The molecule has 1 N–H and O–H groups in total. The molecule has 0 fully saturated rings. The van der Waals surface area contributed by atoms with Gasteiger partial charge in [0.05, 0.1) is 17.2 Å². The highest BCUT2D eigenvalue weighted by Gasteiger charge is 2.35. The molecule has 0 radical (unpaired) electrons. The molecule has 0 aromatic heterocycles. The molecule has 1 unspecified atom stereocenters. The molecular formula is C35H36Cl2FN3O5S. The van der Waals surface area contributed by atoms with Gasteiger partial charge in [-0.25, -0.2) is 12.8 Å². The summed E-state index contributed by atoms with van der Waals surface area (Å²) < 4.78 is 48.4. The minimum absolute atomic E-state index is 0.112. The van der Waals surface area contributed by atoms with E-state index >= 15 is 0 Å². The molecule has 0 spiro atoms. The van der Waals surface area contributed by atoms with Crippen LogP contribution in [0, 0.1) is 5.82 Å². The maximum absolute atomic E-state index is 14.5. The predicted molar refractivity (Wildman–Crippen MR) is 183 cm³/mol. The Balaban J connectivity index is 1.81. The molecule has 47 heavy (non-hydrogen) atoms. The van der Waals surface area contributed by atoms with E-state index in [-0.39, 0.29) is 28.6 Å². The van der Waals surface area contributed by atoms with Crippen molar-refractivity contribution in [2.75, 3.05) is 24.0 Å². The summed E-state index contributed by atoms with van der Waals surface area (Å²) in [7, 11) is -4.40. The number of nitrogens with one attached hydrogen (secondary N) is 1. The average Bonchev–Trinajstić information content (AvgIpc) is 3.06. The van der Waals surface area contributed by atoms with Gasteiger partial charge in [-0.05, 0) is 85.1 Å². The van der Waals surface area contributed by atoms with Crippen LogP contribution in [0.15, 0.2) is 102 Å². The quantitative estimate of drug-likeness (QED) is 0.146. The van der Waals surface area contributed by atoms with Crippen LogP contribution in [0.3, 0.4) is 0 Å². The SMILES string of the molecule is CCCNC(=O)C(Cc1ccccc1)N(Cc1ccc(Cl)cc1Cl)C(=O)CN(c1ccc(OCC)cc1)S(=O)(=O)c1ccc(F)cc1. The van der Waals surface area contributed by atoms with E-state index in [4.69, 9.17) is 27.9 Å². The molecule has 0 heterocycles. The summed E-state index contributed by atoms with van der Waals surface area (Å²) in [5, 5.41) is 3.57. The van der Waals surface area contributed by atoms with Gasteiger partial charge in [0, 0.05) is 29.6 Å². The molecule has 248 valence electrons. The second-order valence-corrected chi connectivity index (χ2v) is 13.4. The standard InChI is InChI=1S/C35H36Cl2FN3O5S/c1-3-20-39-35(43)33(21-25-8-6-5-7-9-25)40(23-26-10-11-27(36)22-32(26)37)34(42)24-41(29-14-16-30(17-15-29)46-4-2)47(44,45)31-18-12-28(38)13-19-31/h5-19,22,33H,3-4,20-21,23-24H2,1-2H3,(H,39,43). The molecule has 4 aromatic rings. The van der Waals surface area contributed by atoms with Gasteiger partial charge in [0.15, 0.2) is 0 Å². The van der Waals surface area contributed by atoms with E-state index in [9.17, 15) is 22.4 Å². The van der Waals surface area contributed by atoms with E-state index in [2.05, 4.69) is 5.32 Å². The number of anilines is 1. The van der Waals surface area contributed by atoms with Crippen LogP contribution in [0.4, 0.5) is 10.1 Å². The minimum atomic E-state index is -4.40. The molecular weight excluding hydrogens is 664 g/mol. The number of carbonyl (C=O) groups excluding carboxylic acids is 2. The zero-order valence-electron chi connectivity index (χ0n) is 26.0. The van der Waals surface area contributed by atoms with E-state index < -0.39 is 40.2 Å². The van der Waals surface area contributed by atoms with Crippen molar-refractivity contribution < 1.29 is 27.1 Å². The van der Waals surface area contributed by atoms with Crippen LogP contribution in [0.1, 0.15) is 31.4 Å². The molecule has 0 saturated heterocycles. The van der Waals surface area contributed by atoms with Gasteiger partial charge in [-0.15, -0.1) is 0 Å². The third-order valence-electron chi connectivity index (χ3n) is 7.29. The lowest BCUT2D eigenvalue weighted by Gasteiger charge is -2.34. The number of ether oxygens (including phenoxy) is 1. The molecule has 0 aliphatic carbocycles. The number of rotatable bonds is 15. The first-order chi connectivity index (χ1) is 22.5. The third-order valence-corrected chi connectivity index (χ3v) is 9.67. The van der Waals surface area contributed by atoms with E-state index in [0.717, 1.165) is 34.1 Å². The molecule has 12 heteroatoms. The Labute approximate surface area is 285 Å². The van der Waals surface area contributed by atoms with Crippen molar-refractivity contribution in [1.29, 1.82) is 0 Å². The van der Waals surface area contributed by atoms with E-state index in [1.54, 1.807) is 24.3 Å². The molecule has 4 aromatic carbocycles. The van der Waals surface area contributed by atoms with Gasteiger partial charge in [-0.1, -0.05) is 66.5 Å². The lowest BCUT2D eigenvalue weighted by atomic mass is 10.0. The number of amides is 2. The number of halogens is 3. The summed E-state index contributed by atoms with van der Waals surface area (Å²) in [6.45, 7) is 3.73. The number of hydrogen-bond donors (Lipinski definition) is 1. The van der Waals surface area contributed by atoms with Gasteiger partial charge in [0.1, 0.15) is 24.2 Å². The molecule has 0 aliphatic heterocycles. The first-order valence-corrected chi connectivity index (χ1v) is 17.3. The fraction of sp³-hybridized carbons (Fsp3) is 0.257. The molecule has 1 atom stereocenters. The summed E-state index contributed by atoms with van der Waals surface area (Å²) in [6.07, 6.45) is 0.823. The molecule has 0 aliphatic rings. The Kier molecular flexibility index (Phi) is 12.6. The maximum Gasteiger partial charge on any atom is 0.264 e. The van der Waals surface area contributed by atoms with Crippen LogP contribution in [0.5, 0.6) is 5.75 Å². The first kappa shape index (κ1) is 35.7. The third kappa shape index (κ3) is 9.47. The number of carbonyl (C=O) groups is 2. The molecule has 8 nitrogen and oxygen atoms in total. The summed E-state index contributed by atoms with van der Waals surface area (Å²) >= 11 is 12.7. The monoisotopic (exact) mass is 699 g/mol. The molecule has 0 saturated carbocycles. The van der Waals surface area contributed by atoms with Gasteiger partial charge in [0.2, 0.25) is 11.8 Å². The Morgan fingerprint density at radius 3 is 2.21 bits per heavy atom. The van der Waals surface area contributed by atoms with Crippen molar-refractivity contribution >= 4 is 50.7 Å². The Morgan fingerprint density at radius 2 is 1.60 bits per heavy atom. The first-order valence-electron chi connectivity index (χ1n) is 15.1. The summed E-state index contributed by atoms with van der Waals surface area (Å²) in [5.41, 5.74) is 1.48. The van der Waals surface area contributed by atoms with Crippen LogP contribution < -0.4 is 14.4 Å². The van der Waals surface area contributed by atoms with Crippen molar-refractivity contribution in [2.45, 2.75) is 44.2 Å². The lowest BCUT2D eigenvalue weighted by molar-refractivity contribution is -0.140. The molecule has 0 bridgehead atoms. The second kappa shape index (κ2) is 16.6. The molecule has 4 rings (SSSR count). The Hall–Kier alpha value is -4.12. The fourth-order valence-corrected chi connectivity index (χ4v) is 6.77. The topological polar surface area (TPSA) is 96.0 Å². The second-order valence-electron chi connectivity index (χ2n) is 10.6. The summed E-state index contributed by atoms with van der Waals surface area (Å²) in [4.78, 5) is 29.4. The Morgan fingerprint density at radius 1 is 0.915 bits per heavy atom. The average molecular weight is 701 g/mol. The number of benzene rings is 4. The lowest BCUT2D eigenvalue weighted by Crippen LogP contribution is -2.53. The van der Waals surface area contributed by atoms with Crippen molar-refractivity contribution in [2.24, 2.45) is 0 Å². The van der Waals surface area contributed by atoms with Gasteiger partial charge in [-0.3, -0.25) is 13.9 Å². The highest BCUT2D eigenvalue weighted by atomic mass is 35.5. The van der Waals surface area contributed by atoms with Gasteiger partial charge in [0.25, 0.3) is 10.0 Å². The van der Waals surface area contributed by atoms with Gasteiger partial charge >= 0.3 is 0 Å². The van der Waals surface area contributed by atoms with Crippen molar-refractivity contribution in [3.8, 4) is 5.75 Å². The summed E-state index contributed by atoms with van der Waals surface area (Å²) in [6, 6.07) is 23.6. The smallest absolute Gasteiger partial charge is 0.264 e. The minimum Gasteiger partial charge on any atom is -0.494 e. The molecule has 2 amide bonds. The van der Waals surface area contributed by atoms with E-state index in [1.807, 2.05) is 44.2 Å². The van der Waals surface area contributed by atoms with Gasteiger partial charge in [-0.2, -0.15) is 0 Å². The highest BCUT2D eigenvalue weighted by Crippen LogP contribution is 2.28. The van der Waals surface area contributed by atoms with E-state index in [0.29, 0.717) is 35.9 Å². The zero-order chi connectivity index (χ0) is 34.0. The predicted octanol–water partition coefficient (Wildman–Crippen LogP) is 6.89. The zero-order valence-corrected chi connectivity index (χ0v) is 28.4. The summed E-state index contributed by atoms with van der Waals surface area (Å²) in [5.74, 6) is -1.16. The van der Waals surface area contributed by atoms with Crippen LogP contribution >= 0.6 is 23.2 Å².